The fourth-order valence-electron chi connectivity index (χ4n) is 5.08. The minimum Gasteiger partial charge on any atom is -0.481 e. The molecule has 1 aromatic heterocycles. The number of carboxylic acids is 1. The van der Waals surface area contributed by atoms with Gasteiger partial charge in [0.2, 0.25) is 5.91 Å². The summed E-state index contributed by atoms with van der Waals surface area (Å²) in [7, 11) is 0. The molecule has 2 N–H and O–H groups in total. The number of aliphatic carboxylic acids is 1. The molecular weight excluding hydrogens is 490 g/mol. The summed E-state index contributed by atoms with van der Waals surface area (Å²) in [5.41, 5.74) is 2.33. The van der Waals surface area contributed by atoms with Crippen LogP contribution in [-0.4, -0.2) is 73.6 Å². The summed E-state index contributed by atoms with van der Waals surface area (Å²) >= 11 is 0. The molecule has 3 heterocycles. The number of carbonyl (C=O) groups excluding carboxylic acids is 3. The van der Waals surface area contributed by atoms with Crippen molar-refractivity contribution in [1.82, 2.24) is 25.2 Å². The second kappa shape index (κ2) is 10.5. The summed E-state index contributed by atoms with van der Waals surface area (Å²) in [6, 6.07) is 16.0. The number of carbonyl (C=O) groups is 4. The quantitative estimate of drug-likeness (QED) is 0.512. The number of rotatable bonds is 6. The summed E-state index contributed by atoms with van der Waals surface area (Å²) in [4.78, 5) is 64.4. The lowest BCUT2D eigenvalue weighted by Gasteiger charge is -2.54. The van der Waals surface area contributed by atoms with Crippen LogP contribution >= 0.6 is 0 Å². The lowest BCUT2D eigenvalue weighted by molar-refractivity contribution is -0.246. The Labute approximate surface area is 218 Å². The van der Waals surface area contributed by atoms with Crippen molar-refractivity contribution < 1.29 is 29.1 Å². The van der Waals surface area contributed by atoms with Crippen LogP contribution in [0.2, 0.25) is 0 Å². The first-order valence-electron chi connectivity index (χ1n) is 12.2. The van der Waals surface area contributed by atoms with Crippen LogP contribution < -0.4 is 5.32 Å². The van der Waals surface area contributed by atoms with E-state index < -0.39 is 55.1 Å². The van der Waals surface area contributed by atoms with Gasteiger partial charge >= 0.3 is 12.0 Å². The largest absolute Gasteiger partial charge is 0.481 e. The minimum atomic E-state index is -1.29. The predicted octanol–water partition coefficient (Wildman–Crippen LogP) is 2.12. The van der Waals surface area contributed by atoms with Gasteiger partial charge in [0.25, 0.3) is 5.91 Å². The highest BCUT2D eigenvalue weighted by Gasteiger charge is 2.54. The van der Waals surface area contributed by atoms with Crippen molar-refractivity contribution in [2.24, 2.45) is 0 Å². The van der Waals surface area contributed by atoms with Crippen LogP contribution in [0.25, 0.3) is 10.9 Å². The molecule has 2 fully saturated rings. The Balaban J connectivity index is 1.47. The Bertz CT molecular complexity index is 1380. The van der Waals surface area contributed by atoms with Gasteiger partial charge in [-0.3, -0.25) is 24.2 Å². The van der Waals surface area contributed by atoms with Gasteiger partial charge in [0.1, 0.15) is 6.04 Å². The summed E-state index contributed by atoms with van der Waals surface area (Å²) in [6.07, 6.45) is 0.0312. The number of aromatic nitrogens is 1. The Morgan fingerprint density at radius 3 is 2.61 bits per heavy atom. The first-order valence-corrected chi connectivity index (χ1v) is 12.2. The Morgan fingerprint density at radius 1 is 1.08 bits per heavy atom. The third-order valence-corrected chi connectivity index (χ3v) is 6.88. The maximum Gasteiger partial charge on any atom is 0.343 e. The van der Waals surface area contributed by atoms with E-state index in [9.17, 15) is 24.3 Å². The molecule has 0 spiro atoms. The maximum atomic E-state index is 13.7. The zero-order chi connectivity index (χ0) is 26.8. The molecule has 2 saturated heterocycles. The molecule has 38 heavy (non-hydrogen) atoms. The van der Waals surface area contributed by atoms with Gasteiger partial charge in [0.05, 0.1) is 18.0 Å². The molecule has 3 atom stereocenters. The van der Waals surface area contributed by atoms with Crippen molar-refractivity contribution in [3.63, 3.8) is 0 Å². The fraction of sp³-hybridized carbons (Fsp3) is 0.296. The van der Waals surface area contributed by atoms with E-state index in [-0.39, 0.29) is 13.1 Å². The number of pyridine rings is 1. The average Bonchev–Trinajstić information content (AvgIpc) is 2.92. The van der Waals surface area contributed by atoms with Crippen LogP contribution in [0.4, 0.5) is 4.79 Å². The Hall–Kier alpha value is -4.51. The van der Waals surface area contributed by atoms with Crippen molar-refractivity contribution >= 4 is 34.7 Å². The number of hydrogen-bond acceptors (Lipinski definition) is 6. The summed E-state index contributed by atoms with van der Waals surface area (Å²) in [5.74, 6) is -2.30. The summed E-state index contributed by atoms with van der Waals surface area (Å²) < 4.78 is 0. The molecule has 2 aromatic carbocycles. The molecule has 0 aliphatic carbocycles. The van der Waals surface area contributed by atoms with Gasteiger partial charge in [-0.1, -0.05) is 54.6 Å². The second-order valence-electron chi connectivity index (χ2n) is 9.27. The van der Waals surface area contributed by atoms with Gasteiger partial charge in [0.15, 0.2) is 12.8 Å². The fourth-order valence-corrected chi connectivity index (χ4v) is 5.08. The van der Waals surface area contributed by atoms with Crippen molar-refractivity contribution in [2.45, 2.75) is 44.7 Å². The van der Waals surface area contributed by atoms with E-state index in [1.807, 2.05) is 60.7 Å². The van der Waals surface area contributed by atoms with E-state index >= 15 is 0 Å². The maximum absolute atomic E-state index is 13.7. The third-order valence-electron chi connectivity index (χ3n) is 6.88. The predicted molar refractivity (Wildman–Crippen MR) is 135 cm³/mol. The highest BCUT2D eigenvalue weighted by atomic mass is 16.7. The lowest BCUT2D eigenvalue weighted by Crippen LogP contribution is -2.75. The van der Waals surface area contributed by atoms with Crippen molar-refractivity contribution in [3.8, 4) is 0 Å². The van der Waals surface area contributed by atoms with Gasteiger partial charge in [-0.05, 0) is 24.1 Å². The number of amides is 4. The number of fused-ring (bicyclic) bond motifs is 2. The number of piperazine rings is 1. The van der Waals surface area contributed by atoms with Crippen molar-refractivity contribution in [2.75, 3.05) is 6.61 Å². The molecule has 0 radical (unpaired) electrons. The number of hydroxylamine groups is 2. The van der Waals surface area contributed by atoms with Crippen LogP contribution in [0, 0.1) is 0 Å². The highest BCUT2D eigenvalue weighted by Crippen LogP contribution is 2.32. The van der Waals surface area contributed by atoms with E-state index in [4.69, 9.17) is 4.84 Å². The van der Waals surface area contributed by atoms with Gasteiger partial charge in [-0.2, -0.15) is 5.06 Å². The number of para-hydroxylation sites is 1. The molecule has 1 unspecified atom stereocenters. The summed E-state index contributed by atoms with van der Waals surface area (Å²) in [6.45, 7) is 1.56. The van der Waals surface area contributed by atoms with Crippen LogP contribution in [-0.2, 0) is 32.3 Å². The first kappa shape index (κ1) is 25.2. The minimum absolute atomic E-state index is 0.114. The zero-order valence-electron chi connectivity index (χ0n) is 20.7. The molecule has 2 aliphatic rings. The number of nitrogens with zero attached hydrogens (tertiary/aromatic N) is 4. The van der Waals surface area contributed by atoms with Crippen LogP contribution in [0.5, 0.6) is 0 Å². The number of nitrogens with one attached hydrogen (secondary N) is 1. The number of urea groups is 1. The Morgan fingerprint density at radius 2 is 1.84 bits per heavy atom. The van der Waals surface area contributed by atoms with Crippen molar-refractivity contribution in [3.05, 3.63) is 78.0 Å². The molecular formula is C27H27N5O6. The van der Waals surface area contributed by atoms with E-state index in [2.05, 4.69) is 10.3 Å². The molecule has 4 amide bonds. The first-order chi connectivity index (χ1) is 18.3. The third kappa shape index (κ3) is 4.75. The number of benzene rings is 2. The molecule has 11 heteroatoms. The molecule has 0 saturated carbocycles. The van der Waals surface area contributed by atoms with E-state index in [1.54, 1.807) is 13.1 Å². The molecule has 0 bridgehead atoms. The highest BCUT2D eigenvalue weighted by molar-refractivity contribution is 5.94. The van der Waals surface area contributed by atoms with Gasteiger partial charge in [-0.15, -0.1) is 0 Å². The number of hydrogen-bond donors (Lipinski definition) is 2. The van der Waals surface area contributed by atoms with Gasteiger partial charge < -0.3 is 20.2 Å². The second-order valence-corrected chi connectivity index (χ2v) is 9.27. The van der Waals surface area contributed by atoms with Crippen molar-refractivity contribution in [1.29, 1.82) is 0 Å². The SMILES string of the molecule is C[C@H]1C2N(C(=O)NCc3ccccc3)OCC(=O)N2[C@@H](CC(=O)O)C(=O)N1Cc1cccc2cccnc12. The monoisotopic (exact) mass is 517 g/mol. The number of carboxylic acid groups (broad SMARTS) is 1. The molecule has 2 aliphatic heterocycles. The molecule has 196 valence electrons. The Kier molecular flexibility index (Phi) is 6.93. The van der Waals surface area contributed by atoms with E-state index in [1.165, 1.54) is 9.80 Å². The van der Waals surface area contributed by atoms with Gasteiger partial charge in [0, 0.05) is 24.7 Å². The molecule has 3 aromatic rings. The topological polar surface area (TPSA) is 132 Å². The lowest BCUT2D eigenvalue weighted by atomic mass is 9.98. The standard InChI is InChI=1S/C27H27N5O6/c1-17-25-31(22(33)16-38-32(25)27(37)29-14-18-7-3-2-4-8-18)21(13-23(34)35)26(36)30(17)15-20-10-5-9-19-11-6-12-28-24(19)20/h2-12,17,21,25H,13-16H2,1H3,(H,29,37)(H,34,35)/t17-,21-,25?/m0/s1. The average molecular weight is 518 g/mol. The van der Waals surface area contributed by atoms with E-state index in [0.717, 1.165) is 21.6 Å². The summed E-state index contributed by atoms with van der Waals surface area (Å²) in [5, 5.41) is 14.3. The van der Waals surface area contributed by atoms with Crippen LogP contribution in [0.3, 0.4) is 0 Å². The smallest absolute Gasteiger partial charge is 0.343 e. The zero-order valence-corrected chi connectivity index (χ0v) is 20.7. The van der Waals surface area contributed by atoms with Crippen LogP contribution in [0.15, 0.2) is 66.9 Å². The molecule has 5 rings (SSSR count). The van der Waals surface area contributed by atoms with Gasteiger partial charge in [-0.25, -0.2) is 4.79 Å². The molecule has 11 nitrogen and oxygen atoms in total. The van der Waals surface area contributed by atoms with Crippen LogP contribution in [0.1, 0.15) is 24.5 Å². The normalized spacial score (nSPS) is 21.4. The van der Waals surface area contributed by atoms with E-state index in [0.29, 0.717) is 5.52 Å².